The average molecular weight is 463 g/mol. The molecule has 3 aromatic heterocycles. The molecule has 0 N–H and O–H groups in total. The standard InChI is InChI=1S/C16H14BrF3N4O2S/c1-3-24-14-11(5-9(7-22-14)16(18,19)20)23-15(24)13-12(27(25,26)4-2)6-10(17)8-21-13/h5-8H,3-4H2,1-2H3. The fraction of sp³-hybridized carbons (Fsp3) is 0.312. The normalized spacial score (nSPS) is 12.7. The van der Waals surface area contributed by atoms with Crippen LogP contribution in [-0.2, 0) is 22.6 Å². The molecule has 0 radical (unpaired) electrons. The molecular formula is C16H14BrF3N4O2S. The summed E-state index contributed by atoms with van der Waals surface area (Å²) in [4.78, 5) is 12.2. The van der Waals surface area contributed by atoms with Crippen LogP contribution in [0.15, 0.2) is 33.9 Å². The number of hydrogen-bond acceptors (Lipinski definition) is 5. The van der Waals surface area contributed by atoms with E-state index in [1.165, 1.54) is 19.2 Å². The lowest BCUT2D eigenvalue weighted by Crippen LogP contribution is -2.09. The van der Waals surface area contributed by atoms with Crippen molar-refractivity contribution in [1.29, 1.82) is 0 Å². The number of pyridine rings is 2. The Hall–Kier alpha value is -2.01. The molecule has 0 aromatic carbocycles. The molecule has 0 saturated carbocycles. The number of aryl methyl sites for hydroxylation is 1. The van der Waals surface area contributed by atoms with E-state index in [9.17, 15) is 21.6 Å². The molecule has 27 heavy (non-hydrogen) atoms. The SMILES string of the molecule is CCn1c(-c2ncc(Br)cc2S(=O)(=O)CC)nc2cc(C(F)(F)F)cnc21. The minimum Gasteiger partial charge on any atom is -0.308 e. The Kier molecular flexibility index (Phi) is 5.02. The Bertz CT molecular complexity index is 1130. The van der Waals surface area contributed by atoms with Crippen LogP contribution in [0.1, 0.15) is 19.4 Å². The van der Waals surface area contributed by atoms with E-state index in [1.54, 1.807) is 11.5 Å². The number of alkyl halides is 3. The van der Waals surface area contributed by atoms with E-state index in [2.05, 4.69) is 30.9 Å². The minimum atomic E-state index is -4.55. The molecule has 0 amide bonds. The third kappa shape index (κ3) is 3.57. The molecule has 0 atom stereocenters. The number of sulfone groups is 1. The number of fused-ring (bicyclic) bond motifs is 1. The topological polar surface area (TPSA) is 77.7 Å². The van der Waals surface area contributed by atoms with Crippen LogP contribution in [0.4, 0.5) is 13.2 Å². The van der Waals surface area contributed by atoms with E-state index >= 15 is 0 Å². The zero-order valence-electron chi connectivity index (χ0n) is 14.2. The third-order valence-corrected chi connectivity index (χ3v) is 6.15. The smallest absolute Gasteiger partial charge is 0.308 e. The molecule has 3 heterocycles. The molecular weight excluding hydrogens is 449 g/mol. The summed E-state index contributed by atoms with van der Waals surface area (Å²) >= 11 is 3.20. The Labute approximate surface area is 161 Å². The van der Waals surface area contributed by atoms with Crippen LogP contribution in [0.3, 0.4) is 0 Å². The molecule has 0 spiro atoms. The van der Waals surface area contributed by atoms with Crippen molar-refractivity contribution < 1.29 is 21.6 Å². The zero-order chi connectivity index (χ0) is 20.0. The first-order valence-corrected chi connectivity index (χ1v) is 10.3. The van der Waals surface area contributed by atoms with Gasteiger partial charge >= 0.3 is 6.18 Å². The maximum atomic E-state index is 13.0. The number of aromatic nitrogens is 4. The molecule has 0 bridgehead atoms. The van der Waals surface area contributed by atoms with Crippen LogP contribution >= 0.6 is 15.9 Å². The van der Waals surface area contributed by atoms with E-state index in [4.69, 9.17) is 0 Å². The predicted octanol–water partition coefficient (Wildman–Crippen LogP) is 4.09. The van der Waals surface area contributed by atoms with Crippen molar-refractivity contribution in [2.45, 2.75) is 31.5 Å². The summed E-state index contributed by atoms with van der Waals surface area (Å²) in [5.41, 5.74) is -0.600. The quantitative estimate of drug-likeness (QED) is 0.583. The maximum absolute atomic E-state index is 13.0. The second kappa shape index (κ2) is 6.86. The first-order valence-electron chi connectivity index (χ1n) is 7.90. The van der Waals surface area contributed by atoms with E-state index in [-0.39, 0.29) is 33.3 Å². The summed E-state index contributed by atoms with van der Waals surface area (Å²) < 4.78 is 65.9. The van der Waals surface area contributed by atoms with Crippen molar-refractivity contribution >= 4 is 36.9 Å². The van der Waals surface area contributed by atoms with Gasteiger partial charge in [0.25, 0.3) is 0 Å². The van der Waals surface area contributed by atoms with Gasteiger partial charge < -0.3 is 4.57 Å². The van der Waals surface area contributed by atoms with Gasteiger partial charge in [-0.2, -0.15) is 13.2 Å². The molecule has 3 rings (SSSR count). The van der Waals surface area contributed by atoms with E-state index < -0.39 is 21.6 Å². The number of imidazole rings is 1. The van der Waals surface area contributed by atoms with Gasteiger partial charge in [-0.25, -0.2) is 18.4 Å². The van der Waals surface area contributed by atoms with Crippen LogP contribution < -0.4 is 0 Å². The highest BCUT2D eigenvalue weighted by Crippen LogP contribution is 2.33. The van der Waals surface area contributed by atoms with Gasteiger partial charge in [-0.05, 0) is 35.0 Å². The minimum absolute atomic E-state index is 0.0197. The molecule has 6 nitrogen and oxygen atoms in total. The lowest BCUT2D eigenvalue weighted by Gasteiger charge is -2.10. The molecule has 0 aliphatic carbocycles. The molecule has 0 unspecified atom stereocenters. The highest BCUT2D eigenvalue weighted by Gasteiger charge is 2.32. The summed E-state index contributed by atoms with van der Waals surface area (Å²) in [5, 5.41) is 0. The van der Waals surface area contributed by atoms with Crippen LogP contribution in [0.2, 0.25) is 0 Å². The Morgan fingerprint density at radius 3 is 2.44 bits per heavy atom. The lowest BCUT2D eigenvalue weighted by atomic mass is 10.2. The van der Waals surface area contributed by atoms with Gasteiger partial charge in [-0.3, -0.25) is 4.98 Å². The monoisotopic (exact) mass is 462 g/mol. The number of nitrogens with zero attached hydrogens (tertiary/aromatic N) is 4. The van der Waals surface area contributed by atoms with E-state index in [0.29, 0.717) is 11.0 Å². The fourth-order valence-electron chi connectivity index (χ4n) is 2.63. The number of hydrogen-bond donors (Lipinski definition) is 0. The summed E-state index contributed by atoms with van der Waals surface area (Å²) in [5.74, 6) is -0.000114. The van der Waals surface area contributed by atoms with Gasteiger partial charge in [0.05, 0.1) is 16.2 Å². The van der Waals surface area contributed by atoms with Gasteiger partial charge in [-0.15, -0.1) is 0 Å². The van der Waals surface area contributed by atoms with Crippen molar-refractivity contribution in [2.24, 2.45) is 0 Å². The summed E-state index contributed by atoms with van der Waals surface area (Å²) in [7, 11) is -3.64. The van der Waals surface area contributed by atoms with Crippen LogP contribution in [0.25, 0.3) is 22.7 Å². The molecule has 144 valence electrons. The summed E-state index contributed by atoms with van der Waals surface area (Å²) in [6.07, 6.45) is -2.40. The van der Waals surface area contributed by atoms with Crippen molar-refractivity contribution in [3.8, 4) is 11.5 Å². The highest BCUT2D eigenvalue weighted by molar-refractivity contribution is 9.10. The molecule has 0 saturated heterocycles. The largest absolute Gasteiger partial charge is 0.417 e. The third-order valence-electron chi connectivity index (χ3n) is 3.97. The van der Waals surface area contributed by atoms with Crippen LogP contribution in [0.5, 0.6) is 0 Å². The second-order valence-corrected chi connectivity index (χ2v) is 8.81. The van der Waals surface area contributed by atoms with E-state index in [0.717, 1.165) is 12.3 Å². The summed E-state index contributed by atoms with van der Waals surface area (Å²) in [6.45, 7) is 3.59. The van der Waals surface area contributed by atoms with Gasteiger partial charge in [-0.1, -0.05) is 6.92 Å². The molecule has 0 aliphatic heterocycles. The predicted molar refractivity (Wildman–Crippen MR) is 96.9 cm³/mol. The van der Waals surface area contributed by atoms with Crippen LogP contribution in [-0.4, -0.2) is 33.7 Å². The number of halogens is 4. The van der Waals surface area contributed by atoms with Gasteiger partial charge in [0.1, 0.15) is 11.2 Å². The van der Waals surface area contributed by atoms with Gasteiger partial charge in [0.2, 0.25) is 0 Å². The van der Waals surface area contributed by atoms with Crippen molar-refractivity contribution in [2.75, 3.05) is 5.75 Å². The molecule has 11 heteroatoms. The van der Waals surface area contributed by atoms with Crippen molar-refractivity contribution in [3.63, 3.8) is 0 Å². The highest BCUT2D eigenvalue weighted by atomic mass is 79.9. The Balaban J connectivity index is 2.33. The molecule has 0 fully saturated rings. The lowest BCUT2D eigenvalue weighted by molar-refractivity contribution is -0.137. The Morgan fingerprint density at radius 2 is 1.85 bits per heavy atom. The molecule has 3 aromatic rings. The summed E-state index contributed by atoms with van der Waals surface area (Å²) in [6, 6.07) is 2.31. The second-order valence-electron chi connectivity index (χ2n) is 5.65. The average Bonchev–Trinajstić information content (AvgIpc) is 2.98. The first kappa shape index (κ1) is 19.7. The van der Waals surface area contributed by atoms with Gasteiger partial charge in [0.15, 0.2) is 21.3 Å². The van der Waals surface area contributed by atoms with Crippen molar-refractivity contribution in [1.82, 2.24) is 19.5 Å². The van der Waals surface area contributed by atoms with Crippen molar-refractivity contribution in [3.05, 3.63) is 34.6 Å². The van der Waals surface area contributed by atoms with Gasteiger partial charge in [0, 0.05) is 23.4 Å². The van der Waals surface area contributed by atoms with Crippen LogP contribution in [0, 0.1) is 0 Å². The fourth-order valence-corrected chi connectivity index (χ4v) is 4.17. The first-order chi connectivity index (χ1) is 12.6. The molecule has 0 aliphatic rings. The Morgan fingerprint density at radius 1 is 1.15 bits per heavy atom. The van der Waals surface area contributed by atoms with E-state index in [1.807, 2.05) is 0 Å². The number of rotatable bonds is 4. The zero-order valence-corrected chi connectivity index (χ0v) is 16.7. The maximum Gasteiger partial charge on any atom is 0.417 e.